The Bertz CT molecular complexity index is 730. The van der Waals surface area contributed by atoms with E-state index in [1.807, 2.05) is 55.6 Å². The molecule has 0 heterocycles. The Morgan fingerprint density at radius 1 is 1.15 bits per heavy atom. The minimum atomic E-state index is -0.902. The van der Waals surface area contributed by atoms with E-state index in [0.29, 0.717) is 6.54 Å². The number of hydrogen-bond acceptors (Lipinski definition) is 4. The average Bonchev–Trinajstić information content (AvgIpc) is 2.66. The first-order chi connectivity index (χ1) is 12.7. The number of esters is 1. The molecule has 0 aliphatic heterocycles. The molecule has 136 valence electrons. The SMILES string of the molecule is CCOC(=O)[C@@H](N=[N+]=[N-])[C@@H](CN(C)Cc1ccccc1)c1ccccc1. The lowest BCUT2D eigenvalue weighted by molar-refractivity contribution is -0.145. The highest BCUT2D eigenvalue weighted by Gasteiger charge is 2.31. The van der Waals surface area contributed by atoms with Crippen LogP contribution >= 0.6 is 0 Å². The summed E-state index contributed by atoms with van der Waals surface area (Å²) < 4.78 is 5.14. The molecule has 0 aliphatic carbocycles. The summed E-state index contributed by atoms with van der Waals surface area (Å²) >= 11 is 0. The van der Waals surface area contributed by atoms with Crippen LogP contribution in [0.15, 0.2) is 65.8 Å². The zero-order valence-electron chi connectivity index (χ0n) is 15.2. The van der Waals surface area contributed by atoms with Gasteiger partial charge in [-0.05, 0) is 30.6 Å². The van der Waals surface area contributed by atoms with E-state index in [2.05, 4.69) is 27.1 Å². The summed E-state index contributed by atoms with van der Waals surface area (Å²) in [5.74, 6) is -0.785. The Morgan fingerprint density at radius 3 is 2.35 bits per heavy atom. The van der Waals surface area contributed by atoms with Crippen LogP contribution in [0.3, 0.4) is 0 Å². The van der Waals surface area contributed by atoms with Crippen LogP contribution in [0, 0.1) is 0 Å². The van der Waals surface area contributed by atoms with E-state index in [9.17, 15) is 4.79 Å². The molecule has 2 aromatic rings. The third kappa shape index (κ3) is 5.62. The van der Waals surface area contributed by atoms with Crippen molar-refractivity contribution in [1.29, 1.82) is 0 Å². The second-order valence-electron chi connectivity index (χ2n) is 6.10. The maximum Gasteiger partial charge on any atom is 0.315 e. The molecular formula is C20H24N4O2. The molecule has 0 bridgehead atoms. The van der Waals surface area contributed by atoms with Gasteiger partial charge in [0.1, 0.15) is 6.04 Å². The summed E-state index contributed by atoms with van der Waals surface area (Å²) in [4.78, 5) is 17.4. The molecule has 2 rings (SSSR count). The molecule has 2 aromatic carbocycles. The molecule has 0 spiro atoms. The zero-order chi connectivity index (χ0) is 18.8. The van der Waals surface area contributed by atoms with Crippen molar-refractivity contribution in [1.82, 2.24) is 4.90 Å². The minimum absolute atomic E-state index is 0.248. The van der Waals surface area contributed by atoms with Gasteiger partial charge in [0.05, 0.1) is 6.61 Å². The summed E-state index contributed by atoms with van der Waals surface area (Å²) in [7, 11) is 1.99. The van der Waals surface area contributed by atoms with Gasteiger partial charge in [-0.15, -0.1) is 0 Å². The van der Waals surface area contributed by atoms with Gasteiger partial charge in [-0.3, -0.25) is 4.79 Å². The van der Waals surface area contributed by atoms with E-state index < -0.39 is 12.0 Å². The molecular weight excluding hydrogens is 328 g/mol. The molecule has 6 heteroatoms. The quantitative estimate of drug-likeness (QED) is 0.294. The predicted octanol–water partition coefficient (Wildman–Crippen LogP) is 4.14. The van der Waals surface area contributed by atoms with E-state index in [4.69, 9.17) is 10.3 Å². The molecule has 26 heavy (non-hydrogen) atoms. The Kier molecular flexibility index (Phi) is 7.68. The number of ether oxygens (including phenoxy) is 1. The summed E-state index contributed by atoms with van der Waals surface area (Å²) in [5, 5.41) is 3.76. The molecule has 0 N–H and O–H groups in total. The van der Waals surface area contributed by atoms with Crippen molar-refractivity contribution in [2.45, 2.75) is 25.4 Å². The van der Waals surface area contributed by atoms with Gasteiger partial charge in [0.2, 0.25) is 0 Å². The van der Waals surface area contributed by atoms with Gasteiger partial charge in [0.25, 0.3) is 0 Å². The van der Waals surface area contributed by atoms with E-state index in [-0.39, 0.29) is 12.5 Å². The van der Waals surface area contributed by atoms with Crippen LogP contribution < -0.4 is 0 Å². The molecule has 0 saturated heterocycles. The van der Waals surface area contributed by atoms with Gasteiger partial charge in [-0.25, -0.2) is 0 Å². The fourth-order valence-corrected chi connectivity index (χ4v) is 2.96. The lowest BCUT2D eigenvalue weighted by Gasteiger charge is -2.27. The Balaban J connectivity index is 2.25. The molecule has 0 saturated carbocycles. The average molecular weight is 352 g/mol. The number of nitrogens with zero attached hydrogens (tertiary/aromatic N) is 4. The highest BCUT2D eigenvalue weighted by atomic mass is 16.5. The van der Waals surface area contributed by atoms with Crippen LogP contribution in [-0.2, 0) is 16.1 Å². The predicted molar refractivity (Wildman–Crippen MR) is 102 cm³/mol. The van der Waals surface area contributed by atoms with E-state index in [1.165, 1.54) is 5.56 Å². The smallest absolute Gasteiger partial charge is 0.315 e. The maximum absolute atomic E-state index is 12.4. The Morgan fingerprint density at radius 2 is 1.77 bits per heavy atom. The van der Waals surface area contributed by atoms with Gasteiger partial charge in [-0.2, -0.15) is 0 Å². The van der Waals surface area contributed by atoms with Crippen molar-refractivity contribution in [3.8, 4) is 0 Å². The van der Waals surface area contributed by atoms with Crippen molar-refractivity contribution in [2.24, 2.45) is 5.11 Å². The molecule has 0 aliphatic rings. The summed E-state index contributed by atoms with van der Waals surface area (Å²) in [5.41, 5.74) is 11.1. The molecule has 0 radical (unpaired) electrons. The van der Waals surface area contributed by atoms with E-state index in [1.54, 1.807) is 6.92 Å². The first-order valence-electron chi connectivity index (χ1n) is 8.64. The number of azide groups is 1. The number of carbonyl (C=O) groups is 1. The number of benzene rings is 2. The maximum atomic E-state index is 12.4. The molecule has 0 fully saturated rings. The number of likely N-dealkylation sites (N-methyl/N-ethyl adjacent to an activating group) is 1. The minimum Gasteiger partial charge on any atom is -0.466 e. The van der Waals surface area contributed by atoms with Crippen molar-refractivity contribution in [3.63, 3.8) is 0 Å². The van der Waals surface area contributed by atoms with Crippen molar-refractivity contribution in [3.05, 3.63) is 82.2 Å². The van der Waals surface area contributed by atoms with Crippen LogP contribution in [0.1, 0.15) is 24.0 Å². The summed E-state index contributed by atoms with van der Waals surface area (Å²) in [6.07, 6.45) is 0. The summed E-state index contributed by atoms with van der Waals surface area (Å²) in [6, 6.07) is 18.8. The standard InChI is InChI=1S/C20H24N4O2/c1-3-26-20(25)19(22-23-21)18(17-12-8-5-9-13-17)15-24(2)14-16-10-6-4-7-11-16/h4-13,18-19H,3,14-15H2,1-2H3/t18-,19-/m0/s1. The van der Waals surface area contributed by atoms with Crippen LogP contribution in [0.2, 0.25) is 0 Å². The summed E-state index contributed by atoms with van der Waals surface area (Å²) in [6.45, 7) is 3.28. The normalized spacial score (nSPS) is 12.9. The van der Waals surface area contributed by atoms with Crippen molar-refractivity contribution >= 4 is 5.97 Å². The first-order valence-corrected chi connectivity index (χ1v) is 8.64. The fraction of sp³-hybridized carbons (Fsp3) is 0.350. The van der Waals surface area contributed by atoms with Crippen molar-refractivity contribution < 1.29 is 9.53 Å². The number of rotatable bonds is 9. The highest BCUT2D eigenvalue weighted by Crippen LogP contribution is 2.25. The van der Waals surface area contributed by atoms with Gasteiger partial charge in [-0.1, -0.05) is 65.8 Å². The molecule has 0 unspecified atom stereocenters. The second kappa shape index (κ2) is 10.2. The van der Waals surface area contributed by atoms with Crippen LogP contribution in [0.25, 0.3) is 10.4 Å². The lowest BCUT2D eigenvalue weighted by Crippen LogP contribution is -2.35. The number of carbonyl (C=O) groups excluding carboxylic acids is 1. The second-order valence-corrected chi connectivity index (χ2v) is 6.10. The van der Waals surface area contributed by atoms with Crippen molar-refractivity contribution in [2.75, 3.05) is 20.2 Å². The van der Waals surface area contributed by atoms with E-state index >= 15 is 0 Å². The number of hydrogen-bond donors (Lipinski definition) is 0. The first kappa shape index (κ1) is 19.5. The van der Waals surface area contributed by atoms with Crippen LogP contribution in [0.4, 0.5) is 0 Å². The largest absolute Gasteiger partial charge is 0.466 e. The fourth-order valence-electron chi connectivity index (χ4n) is 2.96. The Hall–Kier alpha value is -2.82. The molecule has 6 nitrogen and oxygen atoms in total. The van der Waals surface area contributed by atoms with Gasteiger partial charge in [0.15, 0.2) is 0 Å². The monoisotopic (exact) mass is 352 g/mol. The van der Waals surface area contributed by atoms with Crippen LogP contribution in [-0.4, -0.2) is 37.1 Å². The molecule has 0 aromatic heterocycles. The van der Waals surface area contributed by atoms with Gasteiger partial charge < -0.3 is 9.64 Å². The highest BCUT2D eigenvalue weighted by molar-refractivity contribution is 5.77. The van der Waals surface area contributed by atoms with Crippen LogP contribution in [0.5, 0.6) is 0 Å². The van der Waals surface area contributed by atoms with E-state index in [0.717, 1.165) is 12.1 Å². The molecule has 0 amide bonds. The third-order valence-corrected chi connectivity index (χ3v) is 4.12. The molecule has 2 atom stereocenters. The Labute approximate surface area is 154 Å². The zero-order valence-corrected chi connectivity index (χ0v) is 15.2. The van der Waals surface area contributed by atoms with Gasteiger partial charge in [0, 0.05) is 23.9 Å². The van der Waals surface area contributed by atoms with Gasteiger partial charge >= 0.3 is 5.97 Å². The topological polar surface area (TPSA) is 78.3 Å². The lowest BCUT2D eigenvalue weighted by atomic mass is 9.91. The third-order valence-electron chi connectivity index (χ3n) is 4.12.